The van der Waals surface area contributed by atoms with Crippen LogP contribution in [-0.2, 0) is 14.4 Å². The molecule has 0 saturated heterocycles. The van der Waals surface area contributed by atoms with Crippen molar-refractivity contribution in [3.63, 3.8) is 0 Å². The fraction of sp³-hybridized carbons (Fsp3) is 0.625. The zero-order valence-corrected chi connectivity index (χ0v) is 7.48. The first kappa shape index (κ1) is 11.8. The zero-order valence-electron chi connectivity index (χ0n) is 7.48. The van der Waals surface area contributed by atoms with Crippen LogP contribution in [0.25, 0.3) is 0 Å². The van der Waals surface area contributed by atoms with Gasteiger partial charge >= 0.3 is 5.97 Å². The van der Waals surface area contributed by atoms with E-state index in [1.165, 1.54) is 6.92 Å². The van der Waals surface area contributed by atoms with Crippen LogP contribution in [0.1, 0.15) is 20.3 Å². The fourth-order valence-corrected chi connectivity index (χ4v) is 0.889. The van der Waals surface area contributed by atoms with E-state index in [0.29, 0.717) is 0 Å². The smallest absolute Gasteiger partial charge is 0.321 e. The van der Waals surface area contributed by atoms with Crippen LogP contribution in [0.3, 0.4) is 0 Å². The van der Waals surface area contributed by atoms with Gasteiger partial charge in [0.2, 0.25) is 0 Å². The molecule has 0 heterocycles. The summed E-state index contributed by atoms with van der Waals surface area (Å²) in [6, 6.07) is 0. The molecule has 5 heteroatoms. The first-order valence-electron chi connectivity index (χ1n) is 3.86. The summed E-state index contributed by atoms with van der Waals surface area (Å²) in [4.78, 5) is 32.3. The molecule has 2 N–H and O–H groups in total. The van der Waals surface area contributed by atoms with Crippen LogP contribution in [-0.4, -0.2) is 33.9 Å². The van der Waals surface area contributed by atoms with Gasteiger partial charge in [0, 0.05) is 0 Å². The van der Waals surface area contributed by atoms with Crippen molar-refractivity contribution in [3.8, 4) is 0 Å². The molecule has 5 nitrogen and oxygen atoms in total. The normalized spacial score (nSPS) is 14.7. The molecule has 0 aliphatic carbocycles. The second kappa shape index (κ2) is 4.71. The molecule has 0 fully saturated rings. The van der Waals surface area contributed by atoms with E-state index in [4.69, 9.17) is 10.2 Å². The number of hydrogen-bond donors (Lipinski definition) is 2. The number of ketones is 2. The van der Waals surface area contributed by atoms with Crippen molar-refractivity contribution in [1.82, 2.24) is 0 Å². The van der Waals surface area contributed by atoms with E-state index in [1.54, 1.807) is 0 Å². The van der Waals surface area contributed by atoms with E-state index in [2.05, 4.69) is 0 Å². The van der Waals surface area contributed by atoms with Gasteiger partial charge in [-0.2, -0.15) is 0 Å². The number of carbonyl (C=O) groups excluding carboxylic acids is 2. The molecule has 0 aromatic heterocycles. The van der Waals surface area contributed by atoms with Crippen molar-refractivity contribution in [2.45, 2.75) is 26.4 Å². The molecule has 0 spiro atoms. The highest BCUT2D eigenvalue weighted by molar-refractivity contribution is 6.17. The summed E-state index contributed by atoms with van der Waals surface area (Å²) < 4.78 is 0. The van der Waals surface area contributed by atoms with Gasteiger partial charge in [0.05, 0.1) is 0 Å². The van der Waals surface area contributed by atoms with Gasteiger partial charge in [0.15, 0.2) is 17.5 Å². The van der Waals surface area contributed by atoms with Crippen LogP contribution in [0.15, 0.2) is 0 Å². The third-order valence-corrected chi connectivity index (χ3v) is 1.65. The van der Waals surface area contributed by atoms with Crippen LogP contribution in [0.5, 0.6) is 0 Å². The SMILES string of the molecule is CC[C@@H](O)C(=O)[C@@H](C(C)=O)C(=O)O. The van der Waals surface area contributed by atoms with Crippen LogP contribution in [0.4, 0.5) is 0 Å². The van der Waals surface area contributed by atoms with Crippen LogP contribution in [0, 0.1) is 5.92 Å². The van der Waals surface area contributed by atoms with E-state index in [9.17, 15) is 14.4 Å². The van der Waals surface area contributed by atoms with Crippen molar-refractivity contribution in [2.24, 2.45) is 5.92 Å². The van der Waals surface area contributed by atoms with E-state index in [1.807, 2.05) is 0 Å². The van der Waals surface area contributed by atoms with E-state index < -0.39 is 29.6 Å². The second-order valence-electron chi connectivity index (χ2n) is 2.71. The fourth-order valence-electron chi connectivity index (χ4n) is 0.889. The summed E-state index contributed by atoms with van der Waals surface area (Å²) in [6.45, 7) is 2.54. The van der Waals surface area contributed by atoms with Crippen LogP contribution >= 0.6 is 0 Å². The molecule has 0 bridgehead atoms. The number of Topliss-reactive ketones (excluding diaryl/α,β-unsaturated/α-hetero) is 2. The summed E-state index contributed by atoms with van der Waals surface area (Å²) in [5, 5.41) is 17.5. The maximum atomic E-state index is 11.1. The molecule has 0 aliphatic heterocycles. The number of carbonyl (C=O) groups is 3. The average molecular weight is 188 g/mol. The lowest BCUT2D eigenvalue weighted by molar-refractivity contribution is -0.152. The monoisotopic (exact) mass is 188 g/mol. The summed E-state index contributed by atoms with van der Waals surface area (Å²) in [5.41, 5.74) is 0. The van der Waals surface area contributed by atoms with Gasteiger partial charge < -0.3 is 10.2 Å². The van der Waals surface area contributed by atoms with Crippen LogP contribution in [0.2, 0.25) is 0 Å². The quantitative estimate of drug-likeness (QED) is 0.573. The van der Waals surface area contributed by atoms with Crippen molar-refractivity contribution >= 4 is 17.5 Å². The highest BCUT2D eigenvalue weighted by Gasteiger charge is 2.34. The van der Waals surface area contributed by atoms with E-state index in [0.717, 1.165) is 6.92 Å². The number of aliphatic hydroxyl groups is 1. The van der Waals surface area contributed by atoms with Crippen molar-refractivity contribution < 1.29 is 24.6 Å². The predicted octanol–water partition coefficient (Wildman–Crippen LogP) is -0.384. The number of carboxylic acid groups (broad SMARTS) is 1. The Bertz CT molecular complexity index is 219. The molecule has 0 unspecified atom stereocenters. The topological polar surface area (TPSA) is 91.7 Å². The third kappa shape index (κ3) is 2.95. The van der Waals surface area contributed by atoms with E-state index in [-0.39, 0.29) is 6.42 Å². The highest BCUT2D eigenvalue weighted by atomic mass is 16.4. The lowest BCUT2D eigenvalue weighted by Gasteiger charge is -2.11. The highest BCUT2D eigenvalue weighted by Crippen LogP contribution is 2.06. The minimum atomic E-state index is -1.73. The van der Waals surface area contributed by atoms with Crippen molar-refractivity contribution in [3.05, 3.63) is 0 Å². The molecule has 0 amide bonds. The molecular weight excluding hydrogens is 176 g/mol. The predicted molar refractivity (Wildman–Crippen MR) is 43.1 cm³/mol. The molecule has 0 aromatic rings. The maximum absolute atomic E-state index is 11.1. The Morgan fingerprint density at radius 3 is 2.00 bits per heavy atom. The lowest BCUT2D eigenvalue weighted by Crippen LogP contribution is -2.37. The molecule has 13 heavy (non-hydrogen) atoms. The standard InChI is InChI=1S/C8H12O5/c1-3-5(10)7(11)6(4(2)9)8(12)13/h5-6,10H,3H2,1-2H3,(H,12,13)/t5-,6-/m1/s1. The average Bonchev–Trinajstić information content (AvgIpc) is 2.01. The molecule has 2 atom stereocenters. The number of hydrogen-bond acceptors (Lipinski definition) is 4. The second-order valence-corrected chi connectivity index (χ2v) is 2.71. The Labute approximate surface area is 75.4 Å². The number of rotatable bonds is 5. The zero-order chi connectivity index (χ0) is 10.6. The molecule has 0 radical (unpaired) electrons. The molecule has 74 valence electrons. The van der Waals surface area contributed by atoms with Crippen molar-refractivity contribution in [1.29, 1.82) is 0 Å². The van der Waals surface area contributed by atoms with Gasteiger partial charge in [-0.15, -0.1) is 0 Å². The largest absolute Gasteiger partial charge is 0.480 e. The van der Waals surface area contributed by atoms with Gasteiger partial charge in [-0.05, 0) is 13.3 Å². The first-order chi connectivity index (χ1) is 5.91. The molecule has 0 aromatic carbocycles. The Balaban J connectivity index is 4.66. The first-order valence-corrected chi connectivity index (χ1v) is 3.86. The minimum Gasteiger partial charge on any atom is -0.480 e. The summed E-state index contributed by atoms with van der Waals surface area (Å²) in [6.07, 6.45) is -1.26. The molecule has 0 aliphatic rings. The van der Waals surface area contributed by atoms with E-state index >= 15 is 0 Å². The Morgan fingerprint density at radius 2 is 1.77 bits per heavy atom. The summed E-state index contributed by atoms with van der Waals surface area (Å²) >= 11 is 0. The Kier molecular flexibility index (Phi) is 4.27. The summed E-state index contributed by atoms with van der Waals surface area (Å²) in [7, 11) is 0. The Morgan fingerprint density at radius 1 is 1.31 bits per heavy atom. The number of carboxylic acids is 1. The van der Waals surface area contributed by atoms with Gasteiger partial charge in [-0.3, -0.25) is 14.4 Å². The number of aliphatic hydroxyl groups excluding tert-OH is 1. The van der Waals surface area contributed by atoms with Gasteiger partial charge in [0.25, 0.3) is 0 Å². The molecule has 0 rings (SSSR count). The van der Waals surface area contributed by atoms with Gasteiger partial charge in [-0.1, -0.05) is 6.92 Å². The summed E-state index contributed by atoms with van der Waals surface area (Å²) in [5.74, 6) is -4.94. The third-order valence-electron chi connectivity index (χ3n) is 1.65. The van der Waals surface area contributed by atoms with Crippen molar-refractivity contribution in [2.75, 3.05) is 0 Å². The molecular formula is C8H12O5. The lowest BCUT2D eigenvalue weighted by atomic mass is 9.95. The molecule has 0 saturated carbocycles. The number of aliphatic carboxylic acids is 1. The minimum absolute atomic E-state index is 0.107. The maximum Gasteiger partial charge on any atom is 0.321 e. The van der Waals surface area contributed by atoms with Gasteiger partial charge in [-0.25, -0.2) is 0 Å². The van der Waals surface area contributed by atoms with Crippen LogP contribution < -0.4 is 0 Å². The Hall–Kier alpha value is -1.23. The van der Waals surface area contributed by atoms with Gasteiger partial charge in [0.1, 0.15) is 6.10 Å².